The van der Waals surface area contributed by atoms with Crippen molar-refractivity contribution in [3.05, 3.63) is 5.21 Å². The van der Waals surface area contributed by atoms with Crippen molar-refractivity contribution in [2.75, 3.05) is 40.3 Å². The van der Waals surface area contributed by atoms with Crippen LogP contribution < -0.4 is 5.32 Å². The Kier molecular flexibility index (Phi) is 2.16. The number of carbonyl (C=O) groups is 1. The number of likely N-dealkylation sites (tertiary alicyclic amines) is 2. The zero-order valence-electron chi connectivity index (χ0n) is 8.69. The van der Waals surface area contributed by atoms with E-state index in [0.29, 0.717) is 24.9 Å². The molecule has 0 bridgehead atoms. The van der Waals surface area contributed by atoms with Crippen LogP contribution in [0.5, 0.6) is 0 Å². The third kappa shape index (κ3) is 1.57. The van der Waals surface area contributed by atoms with E-state index in [1.54, 1.807) is 14.1 Å². The second kappa shape index (κ2) is 3.10. The van der Waals surface area contributed by atoms with Crippen LogP contribution in [-0.2, 0) is 0 Å². The average Bonchev–Trinajstić information content (AvgIpc) is 2.56. The lowest BCUT2D eigenvalue weighted by Gasteiger charge is -2.35. The van der Waals surface area contributed by atoms with Gasteiger partial charge < -0.3 is 20.1 Å². The first-order valence-corrected chi connectivity index (χ1v) is 5.04. The smallest absolute Gasteiger partial charge is 0.317 e. The summed E-state index contributed by atoms with van der Waals surface area (Å²) in [6.45, 7) is 2.83. The Morgan fingerprint density at radius 3 is 2.36 bits per heavy atom. The number of hydroxylamine groups is 3. The minimum Gasteiger partial charge on any atom is -0.633 e. The molecule has 2 atom stereocenters. The molecule has 2 fully saturated rings. The molecule has 2 aliphatic rings. The molecule has 0 saturated carbocycles. The van der Waals surface area contributed by atoms with Gasteiger partial charge in [-0.2, -0.15) is 0 Å². The van der Waals surface area contributed by atoms with Crippen LogP contribution in [0.15, 0.2) is 0 Å². The summed E-state index contributed by atoms with van der Waals surface area (Å²) in [6.07, 6.45) is 0. The van der Waals surface area contributed by atoms with Gasteiger partial charge in [-0.15, -0.1) is 0 Å². The van der Waals surface area contributed by atoms with Gasteiger partial charge in [0.15, 0.2) is 0 Å². The van der Waals surface area contributed by atoms with Gasteiger partial charge in [-0.3, -0.25) is 0 Å². The minimum absolute atomic E-state index is 0.0143. The molecular weight excluding hydrogens is 182 g/mol. The summed E-state index contributed by atoms with van der Waals surface area (Å²) in [5, 5.41) is 14.3. The number of quaternary nitrogens is 1. The standard InChI is InChI=1S/C9H17N3O2/c1-10-9(13)11-3-7-5-12(2,14)6-8(7)4-11/h7-8H,3-6H2,1-2H3,(H,10,13). The van der Waals surface area contributed by atoms with Crippen LogP contribution in [-0.4, -0.2) is 55.9 Å². The molecule has 2 rings (SSSR count). The first-order chi connectivity index (χ1) is 6.52. The number of amides is 2. The summed E-state index contributed by atoms with van der Waals surface area (Å²) < 4.78 is -0.128. The third-order valence-corrected chi connectivity index (χ3v) is 3.32. The Morgan fingerprint density at radius 1 is 1.43 bits per heavy atom. The fourth-order valence-electron chi connectivity index (χ4n) is 2.74. The first-order valence-electron chi connectivity index (χ1n) is 5.04. The maximum Gasteiger partial charge on any atom is 0.317 e. The van der Waals surface area contributed by atoms with Crippen molar-refractivity contribution < 1.29 is 9.44 Å². The van der Waals surface area contributed by atoms with Crippen molar-refractivity contribution >= 4 is 6.03 Å². The predicted octanol–water partition coefficient (Wildman–Crippen LogP) is -0.168. The van der Waals surface area contributed by atoms with E-state index in [1.807, 2.05) is 4.90 Å². The number of nitrogens with one attached hydrogen (secondary N) is 1. The quantitative estimate of drug-likeness (QED) is 0.435. The lowest BCUT2D eigenvalue weighted by Crippen LogP contribution is -2.42. The summed E-state index contributed by atoms with van der Waals surface area (Å²) >= 11 is 0. The molecule has 0 aromatic rings. The molecular formula is C9H17N3O2. The Hall–Kier alpha value is -0.810. The normalized spacial score (nSPS) is 41.2. The molecule has 5 nitrogen and oxygen atoms in total. The number of fused-ring (bicyclic) bond motifs is 1. The fourth-order valence-corrected chi connectivity index (χ4v) is 2.74. The van der Waals surface area contributed by atoms with Gasteiger partial charge in [0.05, 0.1) is 20.1 Å². The highest BCUT2D eigenvalue weighted by Gasteiger charge is 2.45. The lowest BCUT2D eigenvalue weighted by atomic mass is 10.0. The van der Waals surface area contributed by atoms with Gasteiger partial charge in [0.1, 0.15) is 0 Å². The Bertz CT molecular complexity index is 238. The van der Waals surface area contributed by atoms with E-state index in [4.69, 9.17) is 0 Å². The van der Waals surface area contributed by atoms with E-state index >= 15 is 0 Å². The number of carbonyl (C=O) groups excluding carboxylic acids is 1. The van der Waals surface area contributed by atoms with Crippen LogP contribution in [0.4, 0.5) is 4.79 Å². The number of hydrogen-bond acceptors (Lipinski definition) is 2. The van der Waals surface area contributed by atoms with Crippen LogP contribution >= 0.6 is 0 Å². The van der Waals surface area contributed by atoms with Crippen LogP contribution in [0.2, 0.25) is 0 Å². The largest absolute Gasteiger partial charge is 0.633 e. The van der Waals surface area contributed by atoms with Gasteiger partial charge in [-0.05, 0) is 0 Å². The zero-order chi connectivity index (χ0) is 10.3. The second-order valence-corrected chi connectivity index (χ2v) is 4.64. The molecule has 5 heteroatoms. The number of urea groups is 1. The number of nitrogens with zero attached hydrogens (tertiary/aromatic N) is 2. The Morgan fingerprint density at radius 2 is 1.93 bits per heavy atom. The molecule has 2 aliphatic heterocycles. The minimum atomic E-state index is -0.128. The highest BCUT2D eigenvalue weighted by molar-refractivity contribution is 5.74. The van der Waals surface area contributed by atoms with Gasteiger partial charge >= 0.3 is 6.03 Å². The second-order valence-electron chi connectivity index (χ2n) is 4.64. The average molecular weight is 199 g/mol. The Labute approximate surface area is 83.8 Å². The van der Waals surface area contributed by atoms with Crippen LogP contribution in [0, 0.1) is 17.0 Å². The van der Waals surface area contributed by atoms with Crippen molar-refractivity contribution in [2.45, 2.75) is 0 Å². The highest BCUT2D eigenvalue weighted by Crippen LogP contribution is 2.33. The Balaban J connectivity index is 1.97. The van der Waals surface area contributed by atoms with Gasteiger partial charge in [0.25, 0.3) is 0 Å². The van der Waals surface area contributed by atoms with Crippen molar-refractivity contribution in [1.29, 1.82) is 0 Å². The number of hydrogen-bond donors (Lipinski definition) is 1. The summed E-state index contributed by atoms with van der Waals surface area (Å²) in [5.41, 5.74) is 0. The van der Waals surface area contributed by atoms with Gasteiger partial charge in [-0.25, -0.2) is 4.79 Å². The molecule has 0 spiro atoms. The zero-order valence-corrected chi connectivity index (χ0v) is 8.69. The van der Waals surface area contributed by atoms with E-state index in [-0.39, 0.29) is 10.7 Å². The van der Waals surface area contributed by atoms with Crippen molar-refractivity contribution in [3.63, 3.8) is 0 Å². The summed E-state index contributed by atoms with van der Waals surface area (Å²) in [5.74, 6) is 0.824. The van der Waals surface area contributed by atoms with E-state index in [2.05, 4.69) is 5.32 Å². The van der Waals surface area contributed by atoms with Crippen LogP contribution in [0.3, 0.4) is 0 Å². The molecule has 0 radical (unpaired) electrons. The van der Waals surface area contributed by atoms with Crippen LogP contribution in [0.1, 0.15) is 0 Å². The maximum atomic E-state index is 11.7. The molecule has 1 N–H and O–H groups in total. The number of rotatable bonds is 0. The summed E-state index contributed by atoms with van der Waals surface area (Å²) in [7, 11) is 3.37. The molecule has 2 heterocycles. The molecule has 0 aromatic heterocycles. The van der Waals surface area contributed by atoms with E-state index in [0.717, 1.165) is 13.1 Å². The maximum absolute atomic E-state index is 11.7. The third-order valence-electron chi connectivity index (χ3n) is 3.32. The molecule has 2 saturated heterocycles. The summed E-state index contributed by atoms with van der Waals surface area (Å²) in [4.78, 5) is 13.2. The van der Waals surface area contributed by atoms with Gasteiger partial charge in [-0.1, -0.05) is 0 Å². The van der Waals surface area contributed by atoms with Crippen molar-refractivity contribution in [2.24, 2.45) is 11.8 Å². The topological polar surface area (TPSA) is 55.4 Å². The van der Waals surface area contributed by atoms with E-state index in [1.165, 1.54) is 0 Å². The highest BCUT2D eigenvalue weighted by atomic mass is 16.5. The van der Waals surface area contributed by atoms with Crippen molar-refractivity contribution in [3.8, 4) is 0 Å². The molecule has 14 heavy (non-hydrogen) atoms. The molecule has 80 valence electrons. The summed E-state index contributed by atoms with van der Waals surface area (Å²) in [6, 6.07) is -0.0143. The fraction of sp³-hybridized carbons (Fsp3) is 0.889. The van der Waals surface area contributed by atoms with Gasteiger partial charge in [0.2, 0.25) is 0 Å². The molecule has 0 aromatic carbocycles. The first kappa shape index (κ1) is 9.73. The monoisotopic (exact) mass is 199 g/mol. The molecule has 2 amide bonds. The predicted molar refractivity (Wildman–Crippen MR) is 52.3 cm³/mol. The molecule has 0 aliphatic carbocycles. The van der Waals surface area contributed by atoms with E-state index < -0.39 is 0 Å². The van der Waals surface area contributed by atoms with Crippen molar-refractivity contribution in [1.82, 2.24) is 10.2 Å². The van der Waals surface area contributed by atoms with Crippen LogP contribution in [0.25, 0.3) is 0 Å². The van der Waals surface area contributed by atoms with Gasteiger partial charge in [0, 0.05) is 32.0 Å². The van der Waals surface area contributed by atoms with E-state index in [9.17, 15) is 10.0 Å². The molecule has 2 unspecified atom stereocenters. The lowest BCUT2D eigenvalue weighted by molar-refractivity contribution is -0.850. The SMILES string of the molecule is CNC(=O)N1CC2C[N+](C)([O-])CC2C1.